The SMILES string of the molecule is FC(F)(F)c1ccc2oc(SCCN3CCNCC3)nc2c1.O=C(O)C(F)(F)F. The van der Waals surface area contributed by atoms with E-state index in [-0.39, 0.29) is 5.52 Å². The number of nitrogens with zero attached hydrogens (tertiary/aromatic N) is 2. The molecule has 1 fully saturated rings. The van der Waals surface area contributed by atoms with Gasteiger partial charge in [0.1, 0.15) is 5.52 Å². The Kier molecular flexibility index (Phi) is 7.77. The van der Waals surface area contributed by atoms with Crippen molar-refractivity contribution < 1.29 is 40.7 Å². The summed E-state index contributed by atoms with van der Waals surface area (Å²) < 4.78 is 75.2. The number of hydrogen-bond acceptors (Lipinski definition) is 6. The smallest absolute Gasteiger partial charge is 0.475 e. The average molecular weight is 445 g/mol. The van der Waals surface area contributed by atoms with Crippen LogP contribution in [0, 0.1) is 0 Å². The lowest BCUT2D eigenvalue weighted by Gasteiger charge is -2.26. The Morgan fingerprint density at radius 1 is 1.21 bits per heavy atom. The largest absolute Gasteiger partial charge is 0.490 e. The minimum atomic E-state index is -5.08. The van der Waals surface area contributed by atoms with Gasteiger partial charge in [-0.25, -0.2) is 9.78 Å². The standard InChI is InChI=1S/C14H16F3N3OS.C2HF3O2/c15-14(16,17)10-1-2-12-11(9-10)19-13(21-12)22-8-7-20-5-3-18-4-6-20;3-2(4,5)1(6)7/h1-2,9,18H,3-8H2;(H,6,7). The highest BCUT2D eigenvalue weighted by molar-refractivity contribution is 7.99. The van der Waals surface area contributed by atoms with Gasteiger partial charge in [-0.15, -0.1) is 0 Å². The minimum Gasteiger partial charge on any atom is -0.475 e. The van der Waals surface area contributed by atoms with Gasteiger partial charge in [0.05, 0.1) is 5.56 Å². The van der Waals surface area contributed by atoms with Crippen molar-refractivity contribution in [2.45, 2.75) is 17.6 Å². The topological polar surface area (TPSA) is 78.6 Å². The van der Waals surface area contributed by atoms with Crippen LogP contribution in [0.4, 0.5) is 26.3 Å². The number of aliphatic carboxylic acids is 1. The molecule has 29 heavy (non-hydrogen) atoms. The van der Waals surface area contributed by atoms with Gasteiger partial charge in [0.2, 0.25) is 0 Å². The number of aromatic nitrogens is 1. The van der Waals surface area contributed by atoms with E-state index in [1.807, 2.05) is 0 Å². The van der Waals surface area contributed by atoms with Crippen molar-refractivity contribution in [2.75, 3.05) is 38.5 Å². The van der Waals surface area contributed by atoms with Crippen LogP contribution >= 0.6 is 11.8 Å². The van der Waals surface area contributed by atoms with Crippen molar-refractivity contribution >= 4 is 28.8 Å². The van der Waals surface area contributed by atoms with E-state index in [4.69, 9.17) is 14.3 Å². The first kappa shape index (κ1) is 23.3. The van der Waals surface area contributed by atoms with Crippen LogP contribution in [-0.2, 0) is 11.0 Å². The molecule has 13 heteroatoms. The number of piperazine rings is 1. The molecule has 0 atom stereocenters. The molecule has 1 saturated heterocycles. The van der Waals surface area contributed by atoms with E-state index in [9.17, 15) is 26.3 Å². The number of alkyl halides is 6. The lowest BCUT2D eigenvalue weighted by Crippen LogP contribution is -2.44. The van der Waals surface area contributed by atoms with Crippen LogP contribution < -0.4 is 5.32 Å². The zero-order valence-electron chi connectivity index (χ0n) is 14.8. The van der Waals surface area contributed by atoms with E-state index < -0.39 is 23.9 Å². The van der Waals surface area contributed by atoms with E-state index in [0.717, 1.165) is 50.6 Å². The summed E-state index contributed by atoms with van der Waals surface area (Å²) in [5, 5.41) is 10.8. The molecule has 0 amide bonds. The van der Waals surface area contributed by atoms with Gasteiger partial charge in [-0.3, -0.25) is 4.90 Å². The second-order valence-corrected chi connectivity index (χ2v) is 6.95. The molecule has 0 saturated carbocycles. The summed E-state index contributed by atoms with van der Waals surface area (Å²) in [6.07, 6.45) is -9.44. The average Bonchev–Trinajstić information content (AvgIpc) is 3.03. The van der Waals surface area contributed by atoms with E-state index in [0.29, 0.717) is 10.8 Å². The van der Waals surface area contributed by atoms with Crippen molar-refractivity contribution in [2.24, 2.45) is 0 Å². The Labute approximate surface area is 165 Å². The highest BCUT2D eigenvalue weighted by atomic mass is 32.2. The predicted octanol–water partition coefficient (Wildman–Crippen LogP) is 3.48. The predicted molar refractivity (Wildman–Crippen MR) is 92.7 cm³/mol. The van der Waals surface area contributed by atoms with Crippen LogP contribution in [0.1, 0.15) is 5.56 Å². The number of thioether (sulfide) groups is 1. The van der Waals surface area contributed by atoms with Crippen LogP contribution in [0.3, 0.4) is 0 Å². The number of hydrogen-bond donors (Lipinski definition) is 2. The van der Waals surface area contributed by atoms with Crippen LogP contribution in [0.2, 0.25) is 0 Å². The molecule has 162 valence electrons. The first-order valence-corrected chi connectivity index (χ1v) is 9.29. The van der Waals surface area contributed by atoms with Gasteiger partial charge in [0, 0.05) is 38.5 Å². The van der Waals surface area contributed by atoms with Gasteiger partial charge < -0.3 is 14.8 Å². The van der Waals surface area contributed by atoms with E-state index in [1.165, 1.54) is 17.8 Å². The normalized spacial score (nSPS) is 15.8. The highest BCUT2D eigenvalue weighted by Crippen LogP contribution is 2.32. The monoisotopic (exact) mass is 445 g/mol. The van der Waals surface area contributed by atoms with Gasteiger partial charge >= 0.3 is 18.3 Å². The lowest BCUT2D eigenvalue weighted by molar-refractivity contribution is -0.192. The Hall–Kier alpha value is -1.99. The molecule has 1 aromatic heterocycles. The number of carbonyl (C=O) groups is 1. The molecule has 1 aromatic carbocycles. The van der Waals surface area contributed by atoms with Gasteiger partial charge in [-0.2, -0.15) is 26.3 Å². The third-order valence-electron chi connectivity index (χ3n) is 3.78. The molecule has 0 bridgehead atoms. The summed E-state index contributed by atoms with van der Waals surface area (Å²) in [5.41, 5.74) is -0.0668. The number of oxazole rings is 1. The highest BCUT2D eigenvalue weighted by Gasteiger charge is 2.38. The van der Waals surface area contributed by atoms with E-state index >= 15 is 0 Å². The molecule has 1 aliphatic heterocycles. The maximum Gasteiger partial charge on any atom is 0.490 e. The number of carboxylic acid groups (broad SMARTS) is 1. The van der Waals surface area contributed by atoms with Crippen LogP contribution in [0.15, 0.2) is 27.8 Å². The number of rotatable bonds is 4. The van der Waals surface area contributed by atoms with Gasteiger partial charge in [-0.1, -0.05) is 11.8 Å². The maximum absolute atomic E-state index is 12.7. The summed E-state index contributed by atoms with van der Waals surface area (Å²) >= 11 is 1.43. The molecule has 0 unspecified atom stereocenters. The summed E-state index contributed by atoms with van der Waals surface area (Å²) in [7, 11) is 0. The number of carboxylic acids is 1. The second kappa shape index (κ2) is 9.67. The number of halogens is 6. The summed E-state index contributed by atoms with van der Waals surface area (Å²) in [6.45, 7) is 4.94. The molecule has 6 nitrogen and oxygen atoms in total. The van der Waals surface area contributed by atoms with Crippen LogP contribution in [0.25, 0.3) is 11.1 Å². The maximum atomic E-state index is 12.7. The van der Waals surface area contributed by atoms with Crippen molar-refractivity contribution in [3.63, 3.8) is 0 Å². The second-order valence-electron chi connectivity index (χ2n) is 5.90. The molecule has 0 spiro atoms. The van der Waals surface area contributed by atoms with Crippen molar-refractivity contribution in [1.29, 1.82) is 0 Å². The molecular weight excluding hydrogens is 428 g/mol. The first-order chi connectivity index (χ1) is 13.5. The molecular formula is C16H17F6N3O3S. The lowest BCUT2D eigenvalue weighted by atomic mass is 10.2. The van der Waals surface area contributed by atoms with Gasteiger partial charge in [-0.05, 0) is 18.2 Å². The Bertz CT molecular complexity index is 818. The minimum absolute atomic E-state index is 0.250. The number of nitrogens with one attached hydrogen (secondary N) is 1. The fourth-order valence-electron chi connectivity index (χ4n) is 2.34. The number of benzene rings is 1. The molecule has 2 heterocycles. The first-order valence-electron chi connectivity index (χ1n) is 8.30. The van der Waals surface area contributed by atoms with Gasteiger partial charge in [0.15, 0.2) is 5.58 Å². The molecule has 0 aliphatic carbocycles. The Balaban J connectivity index is 0.000000370. The molecule has 2 aromatic rings. The summed E-state index contributed by atoms with van der Waals surface area (Å²) in [5.74, 6) is -1.95. The zero-order valence-corrected chi connectivity index (χ0v) is 15.6. The van der Waals surface area contributed by atoms with Crippen molar-refractivity contribution in [3.05, 3.63) is 23.8 Å². The third kappa shape index (κ3) is 7.40. The zero-order chi connectivity index (χ0) is 21.7. The van der Waals surface area contributed by atoms with E-state index in [2.05, 4.69) is 15.2 Å². The van der Waals surface area contributed by atoms with Crippen LogP contribution in [0.5, 0.6) is 0 Å². The molecule has 1 aliphatic rings. The Morgan fingerprint density at radius 2 is 1.83 bits per heavy atom. The van der Waals surface area contributed by atoms with Crippen LogP contribution in [-0.4, -0.2) is 65.6 Å². The van der Waals surface area contributed by atoms with Crippen molar-refractivity contribution in [3.8, 4) is 0 Å². The fourth-order valence-corrected chi connectivity index (χ4v) is 3.18. The molecule has 0 radical (unpaired) electrons. The molecule has 2 N–H and O–H groups in total. The number of fused-ring (bicyclic) bond motifs is 1. The Morgan fingerprint density at radius 3 is 2.38 bits per heavy atom. The fraction of sp³-hybridized carbons (Fsp3) is 0.500. The quantitative estimate of drug-likeness (QED) is 0.551. The van der Waals surface area contributed by atoms with Gasteiger partial charge in [0.25, 0.3) is 5.22 Å². The van der Waals surface area contributed by atoms with E-state index in [1.54, 1.807) is 0 Å². The summed E-state index contributed by atoms with van der Waals surface area (Å²) in [6, 6.07) is 3.37. The third-order valence-corrected chi connectivity index (χ3v) is 4.59. The molecule has 3 rings (SSSR count). The summed E-state index contributed by atoms with van der Waals surface area (Å²) in [4.78, 5) is 15.4. The van der Waals surface area contributed by atoms with Crippen molar-refractivity contribution in [1.82, 2.24) is 15.2 Å².